The van der Waals surface area contributed by atoms with Crippen LogP contribution in [0, 0.1) is 0 Å². The number of hydrogen-bond donors (Lipinski definition) is 0. The smallest absolute Gasteiger partial charge is 0.235 e. The first-order chi connectivity index (χ1) is 11.3. The van der Waals surface area contributed by atoms with Gasteiger partial charge in [0.1, 0.15) is 11.5 Å². The van der Waals surface area contributed by atoms with Gasteiger partial charge in [-0.05, 0) is 38.3 Å². The number of nitrogens with zero attached hydrogens (tertiary/aromatic N) is 1. The predicted octanol–water partition coefficient (Wildman–Crippen LogP) is 4.33. The summed E-state index contributed by atoms with van der Waals surface area (Å²) in [7, 11) is 0. The Balaban J connectivity index is 1.79. The zero-order valence-corrected chi connectivity index (χ0v) is 13.4. The van der Waals surface area contributed by atoms with E-state index in [1.807, 2.05) is 48.5 Å². The Morgan fingerprint density at radius 2 is 1.61 bits per heavy atom. The SMILES string of the molecule is C[C@@H]1CCCCN1C(=O)C1c2ccccc2Oc2ccccc21. The quantitative estimate of drug-likeness (QED) is 0.785. The molecular weight excluding hydrogens is 286 g/mol. The highest BCUT2D eigenvalue weighted by Gasteiger charge is 2.36. The van der Waals surface area contributed by atoms with Crippen LogP contribution in [0.2, 0.25) is 0 Å². The van der Waals surface area contributed by atoms with Crippen molar-refractivity contribution in [3.05, 3.63) is 59.7 Å². The molecule has 0 unspecified atom stereocenters. The van der Waals surface area contributed by atoms with E-state index in [0.29, 0.717) is 6.04 Å². The molecule has 23 heavy (non-hydrogen) atoms. The van der Waals surface area contributed by atoms with E-state index in [1.165, 1.54) is 6.42 Å². The molecule has 2 aromatic rings. The number of fused-ring (bicyclic) bond motifs is 2. The van der Waals surface area contributed by atoms with E-state index in [0.717, 1.165) is 42.0 Å². The molecule has 1 fully saturated rings. The van der Waals surface area contributed by atoms with Crippen molar-refractivity contribution in [3.8, 4) is 11.5 Å². The van der Waals surface area contributed by atoms with Gasteiger partial charge in [0, 0.05) is 23.7 Å². The molecule has 0 bridgehead atoms. The topological polar surface area (TPSA) is 29.5 Å². The normalized spacial score (nSPS) is 20.4. The lowest BCUT2D eigenvalue weighted by molar-refractivity contribution is -0.135. The summed E-state index contributed by atoms with van der Waals surface area (Å²) in [6, 6.07) is 16.1. The van der Waals surface area contributed by atoms with Crippen LogP contribution in [-0.4, -0.2) is 23.4 Å². The van der Waals surface area contributed by atoms with Crippen molar-refractivity contribution < 1.29 is 9.53 Å². The third-order valence-corrected chi connectivity index (χ3v) is 5.01. The first-order valence-electron chi connectivity index (χ1n) is 8.42. The van der Waals surface area contributed by atoms with Crippen LogP contribution >= 0.6 is 0 Å². The predicted molar refractivity (Wildman–Crippen MR) is 89.8 cm³/mol. The number of rotatable bonds is 1. The van der Waals surface area contributed by atoms with Crippen LogP contribution in [0.5, 0.6) is 11.5 Å². The Hall–Kier alpha value is -2.29. The summed E-state index contributed by atoms with van der Waals surface area (Å²) in [6.07, 6.45) is 3.41. The number of amides is 1. The van der Waals surface area contributed by atoms with Crippen molar-refractivity contribution in [3.63, 3.8) is 0 Å². The Labute approximate surface area is 136 Å². The number of benzene rings is 2. The molecule has 0 aromatic heterocycles. The molecule has 2 aliphatic heterocycles. The van der Waals surface area contributed by atoms with Crippen molar-refractivity contribution in [1.82, 2.24) is 4.90 Å². The molecule has 0 radical (unpaired) electrons. The van der Waals surface area contributed by atoms with Crippen molar-refractivity contribution in [2.45, 2.75) is 38.1 Å². The van der Waals surface area contributed by atoms with Gasteiger partial charge >= 0.3 is 0 Å². The third-order valence-electron chi connectivity index (χ3n) is 5.01. The van der Waals surface area contributed by atoms with E-state index in [-0.39, 0.29) is 11.8 Å². The fourth-order valence-electron chi connectivity index (χ4n) is 3.77. The first-order valence-corrected chi connectivity index (χ1v) is 8.42. The number of hydrogen-bond acceptors (Lipinski definition) is 2. The molecule has 3 heteroatoms. The highest BCUT2D eigenvalue weighted by Crippen LogP contribution is 2.45. The molecule has 3 nitrogen and oxygen atoms in total. The zero-order valence-electron chi connectivity index (χ0n) is 13.4. The first kappa shape index (κ1) is 14.3. The summed E-state index contributed by atoms with van der Waals surface area (Å²) >= 11 is 0. The van der Waals surface area contributed by atoms with Crippen molar-refractivity contribution in [1.29, 1.82) is 0 Å². The fourth-order valence-corrected chi connectivity index (χ4v) is 3.77. The molecular formula is C20H21NO2. The van der Waals surface area contributed by atoms with Crippen molar-refractivity contribution in [2.24, 2.45) is 0 Å². The average Bonchev–Trinajstić information content (AvgIpc) is 2.59. The van der Waals surface area contributed by atoms with Crippen molar-refractivity contribution >= 4 is 5.91 Å². The van der Waals surface area contributed by atoms with Gasteiger partial charge in [0.25, 0.3) is 0 Å². The van der Waals surface area contributed by atoms with Gasteiger partial charge in [0.15, 0.2) is 0 Å². The Bertz CT molecular complexity index is 694. The van der Waals surface area contributed by atoms with E-state index in [9.17, 15) is 4.79 Å². The van der Waals surface area contributed by atoms with Gasteiger partial charge in [-0.1, -0.05) is 36.4 Å². The highest BCUT2D eigenvalue weighted by atomic mass is 16.5. The van der Waals surface area contributed by atoms with Gasteiger partial charge in [0.05, 0.1) is 5.92 Å². The van der Waals surface area contributed by atoms with Crippen LogP contribution in [0.15, 0.2) is 48.5 Å². The van der Waals surface area contributed by atoms with Crippen LogP contribution in [-0.2, 0) is 4.79 Å². The molecule has 1 atom stereocenters. The Kier molecular flexibility index (Phi) is 3.56. The monoisotopic (exact) mass is 307 g/mol. The standard InChI is InChI=1S/C20H21NO2/c1-14-8-6-7-13-21(14)20(22)19-15-9-2-4-11-17(15)23-18-12-5-3-10-16(18)19/h2-5,9-12,14,19H,6-8,13H2,1H3/t14-/m1/s1. The largest absolute Gasteiger partial charge is 0.457 e. The molecule has 0 N–H and O–H groups in total. The second kappa shape index (κ2) is 5.73. The second-order valence-electron chi connectivity index (χ2n) is 6.49. The molecule has 118 valence electrons. The second-order valence-corrected chi connectivity index (χ2v) is 6.49. The minimum Gasteiger partial charge on any atom is -0.457 e. The minimum atomic E-state index is -0.253. The van der Waals surface area contributed by atoms with Crippen LogP contribution in [0.1, 0.15) is 43.2 Å². The maximum Gasteiger partial charge on any atom is 0.235 e. The number of carbonyl (C=O) groups is 1. The van der Waals surface area contributed by atoms with Gasteiger partial charge in [-0.3, -0.25) is 4.79 Å². The van der Waals surface area contributed by atoms with E-state index in [4.69, 9.17) is 4.74 Å². The van der Waals surface area contributed by atoms with Gasteiger partial charge < -0.3 is 9.64 Å². The number of para-hydroxylation sites is 2. The summed E-state index contributed by atoms with van der Waals surface area (Å²) in [6.45, 7) is 3.02. The molecule has 2 heterocycles. The lowest BCUT2D eigenvalue weighted by atomic mass is 9.86. The summed E-state index contributed by atoms with van der Waals surface area (Å²) in [5.74, 6) is 1.56. The molecule has 0 aliphatic carbocycles. The summed E-state index contributed by atoms with van der Waals surface area (Å²) in [5.41, 5.74) is 1.96. The molecule has 2 aliphatic rings. The van der Waals surface area contributed by atoms with Crippen LogP contribution in [0.3, 0.4) is 0 Å². The zero-order chi connectivity index (χ0) is 15.8. The van der Waals surface area contributed by atoms with Gasteiger partial charge in [0.2, 0.25) is 5.91 Å². The Morgan fingerprint density at radius 1 is 1.00 bits per heavy atom. The molecule has 1 amide bonds. The average molecular weight is 307 g/mol. The van der Waals surface area contributed by atoms with E-state index < -0.39 is 0 Å². The molecule has 0 spiro atoms. The molecule has 0 saturated carbocycles. The number of likely N-dealkylation sites (tertiary alicyclic amines) is 1. The van der Waals surface area contributed by atoms with E-state index in [1.54, 1.807) is 0 Å². The lowest BCUT2D eigenvalue weighted by Crippen LogP contribution is -2.45. The minimum absolute atomic E-state index is 0.209. The van der Waals surface area contributed by atoms with Crippen LogP contribution < -0.4 is 4.74 Å². The number of carbonyl (C=O) groups excluding carboxylic acids is 1. The summed E-state index contributed by atoms with van der Waals surface area (Å²) in [4.78, 5) is 15.4. The maximum atomic E-state index is 13.4. The summed E-state index contributed by atoms with van der Waals surface area (Å²) in [5, 5.41) is 0. The van der Waals surface area contributed by atoms with Crippen molar-refractivity contribution in [2.75, 3.05) is 6.54 Å². The fraction of sp³-hybridized carbons (Fsp3) is 0.350. The van der Waals surface area contributed by atoms with E-state index in [2.05, 4.69) is 11.8 Å². The van der Waals surface area contributed by atoms with Crippen LogP contribution in [0.25, 0.3) is 0 Å². The van der Waals surface area contributed by atoms with Crippen LogP contribution in [0.4, 0.5) is 0 Å². The summed E-state index contributed by atoms with van der Waals surface area (Å²) < 4.78 is 6.00. The molecule has 2 aromatic carbocycles. The van der Waals surface area contributed by atoms with Gasteiger partial charge in [-0.15, -0.1) is 0 Å². The van der Waals surface area contributed by atoms with E-state index >= 15 is 0 Å². The lowest BCUT2D eigenvalue weighted by Gasteiger charge is -2.37. The number of piperidine rings is 1. The number of ether oxygens (including phenoxy) is 1. The van der Waals surface area contributed by atoms with Gasteiger partial charge in [-0.25, -0.2) is 0 Å². The third kappa shape index (κ3) is 2.40. The Morgan fingerprint density at radius 3 is 2.22 bits per heavy atom. The molecule has 1 saturated heterocycles. The van der Waals surface area contributed by atoms with Gasteiger partial charge in [-0.2, -0.15) is 0 Å². The maximum absolute atomic E-state index is 13.4. The molecule has 4 rings (SSSR count). The highest BCUT2D eigenvalue weighted by molar-refractivity contribution is 5.90.